The number of fused-ring (bicyclic) bond motifs is 3. The molecule has 0 bridgehead atoms. The summed E-state index contributed by atoms with van der Waals surface area (Å²) in [5, 5.41) is 17.8. The van der Waals surface area contributed by atoms with E-state index in [-0.39, 0.29) is 98.4 Å². The molecular weight excluding hydrogens is 2010 g/mol. The van der Waals surface area contributed by atoms with Crippen LogP contribution >= 0.6 is 68.8 Å². The third-order valence-corrected chi connectivity index (χ3v) is 29.6. The molecule has 0 radical (unpaired) electrons. The summed E-state index contributed by atoms with van der Waals surface area (Å²) in [6.45, 7) is 15.3. The average molecular weight is 2120 g/mol. The quantitative estimate of drug-likeness (QED) is 0.0214. The highest BCUT2D eigenvalue weighted by Gasteiger charge is 2.48. The summed E-state index contributed by atoms with van der Waals surface area (Å²) in [6.07, 6.45) is 7.34. The molecule has 10 aromatic rings. The van der Waals surface area contributed by atoms with E-state index in [1.54, 1.807) is 52.3 Å². The normalized spacial score (nSPS) is 19.4. The monoisotopic (exact) mass is 2120 g/mol. The van der Waals surface area contributed by atoms with Gasteiger partial charge in [-0.1, -0.05) is 107 Å². The second kappa shape index (κ2) is 47.4. The Labute approximate surface area is 873 Å². The number of amides is 6. The number of aromatic nitrogens is 3. The molecular formula is C105H106Cl3F3N18O15S3. The molecule has 19 rings (SSSR count). The number of carbonyl (C=O) groups excluding carboxylic acids is 9. The fourth-order valence-corrected chi connectivity index (χ4v) is 21.7. The van der Waals surface area contributed by atoms with Crippen molar-refractivity contribution in [3.05, 3.63) is 307 Å². The van der Waals surface area contributed by atoms with Crippen molar-refractivity contribution in [3.8, 4) is 5.75 Å². The molecule has 147 heavy (non-hydrogen) atoms. The predicted octanol–water partition coefficient (Wildman–Crippen LogP) is 15.5. The Balaban J connectivity index is 0.000000151. The number of urea groups is 3. The molecule has 0 spiro atoms. The van der Waals surface area contributed by atoms with Gasteiger partial charge in [-0.05, 0) is 149 Å². The first-order valence-corrected chi connectivity index (χ1v) is 51.6. The number of ether oxygens (including phenoxy) is 6. The van der Waals surface area contributed by atoms with Gasteiger partial charge in [0.2, 0.25) is 0 Å². The van der Waals surface area contributed by atoms with E-state index in [4.69, 9.17) is 78.2 Å². The number of methoxy groups -OCH3 is 3. The number of hydrogen-bond donors (Lipinski definition) is 3. The Bertz CT molecular complexity index is 6770. The molecule has 0 saturated carbocycles. The minimum Gasteiger partial charge on any atom is -0.466 e. The molecule has 7 aromatic carbocycles. The summed E-state index contributed by atoms with van der Waals surface area (Å²) in [4.78, 5) is 162. The molecule has 0 aliphatic carbocycles. The van der Waals surface area contributed by atoms with Gasteiger partial charge in [-0.25, -0.2) is 56.9 Å². The second-order valence-electron chi connectivity index (χ2n) is 36.2. The molecule has 6 fully saturated rings. The number of hydrogen-bond acceptors (Lipinski definition) is 30. The highest BCUT2D eigenvalue weighted by atomic mass is 35.5. The Morgan fingerprint density at radius 2 is 0.741 bits per heavy atom. The third-order valence-electron chi connectivity index (χ3n) is 26.2. The fraction of sp³-hybridized carbons (Fsp3) is 0.343. The molecule has 42 heteroatoms. The predicted molar refractivity (Wildman–Crippen MR) is 553 cm³/mol. The first-order chi connectivity index (χ1) is 71.0. The van der Waals surface area contributed by atoms with Crippen LogP contribution in [-0.2, 0) is 71.7 Å². The van der Waals surface area contributed by atoms with Crippen molar-refractivity contribution in [1.82, 2.24) is 60.3 Å². The zero-order valence-corrected chi connectivity index (χ0v) is 86.0. The van der Waals surface area contributed by atoms with Crippen LogP contribution < -0.4 is 35.4 Å². The number of rotatable bonds is 30. The van der Waals surface area contributed by atoms with Crippen molar-refractivity contribution in [2.24, 2.45) is 15.0 Å². The number of nitrogens with one attached hydrogen (secondary N) is 3. The lowest BCUT2D eigenvalue weighted by Crippen LogP contribution is -2.53. The zero-order valence-electron chi connectivity index (χ0n) is 81.3. The van der Waals surface area contributed by atoms with Gasteiger partial charge < -0.3 is 59.1 Å². The highest BCUT2D eigenvalue weighted by molar-refractivity contribution is 7.12. The summed E-state index contributed by atoms with van der Waals surface area (Å²) in [5.74, 6) is -2.06. The van der Waals surface area contributed by atoms with E-state index >= 15 is 0 Å². The van der Waals surface area contributed by atoms with E-state index < -0.39 is 53.5 Å². The molecule has 3 N–H and O–H groups in total. The molecule has 9 aliphatic heterocycles. The van der Waals surface area contributed by atoms with E-state index in [1.807, 2.05) is 137 Å². The Morgan fingerprint density at radius 3 is 1.03 bits per heavy atom. The van der Waals surface area contributed by atoms with Crippen LogP contribution in [0.15, 0.2) is 235 Å². The topological polar surface area (TPSA) is 350 Å². The minimum absolute atomic E-state index is 0.0524. The maximum atomic E-state index is 14.0. The van der Waals surface area contributed by atoms with Crippen molar-refractivity contribution in [1.29, 1.82) is 0 Å². The molecule has 0 unspecified atom stereocenters. The zero-order chi connectivity index (χ0) is 103. The van der Waals surface area contributed by atoms with Crippen LogP contribution in [0, 0.1) is 24.4 Å². The van der Waals surface area contributed by atoms with E-state index in [0.29, 0.717) is 209 Å². The van der Waals surface area contributed by atoms with Crippen LogP contribution in [0.3, 0.4) is 0 Å². The first-order valence-electron chi connectivity index (χ1n) is 47.9. The highest BCUT2D eigenvalue weighted by Crippen LogP contribution is 2.43. The number of amidine groups is 3. The van der Waals surface area contributed by atoms with Crippen LogP contribution in [0.1, 0.15) is 112 Å². The minimum atomic E-state index is -0.859. The van der Waals surface area contributed by atoms with Crippen molar-refractivity contribution in [2.45, 2.75) is 109 Å². The summed E-state index contributed by atoms with van der Waals surface area (Å²) in [6, 6.07) is 39.5. The smallest absolute Gasteiger partial charge is 0.338 e. The van der Waals surface area contributed by atoms with E-state index in [0.717, 1.165) is 39.3 Å². The van der Waals surface area contributed by atoms with Crippen LogP contribution in [0.25, 0.3) is 0 Å². The largest absolute Gasteiger partial charge is 0.466 e. The standard InChI is InChI=1S/C38H36ClFN6O5S.C34H36ClFN6O5S.C33H34ClFN6O5S/c1-23-3-11-28(12-4-23)51-32(47)14-7-24-5-9-26(10-6-24)46-21-27-20-44(16-17-45(27)38(46)49)22-31-33(37(48)50-2)34(29-13-8-25(40)19-30(29)39)43-35(42-31)36-41-15-18-52-36;1-20(2)47-28(43)11-6-21-4-8-23(9-5-21)42-18-24-17-40(13-14-41(24)34(42)45)19-27-29(33(44)46-3)30(25-10-7-22(36)16-26(25)35)39-31(38-27)32-37-12-15-48-32;1-3-46-27(42)11-6-20-4-8-22(9-5-20)41-18-23-17-39(13-14-40(23)33(41)44)19-26-28(32(43)45-2)29(24-10-7-21(35)16-25(24)34)38-30(37-26)31-36-12-15-47-31/h3-6,8-13,15,18-19,27,34H,7,14,16-17,20-22H2,1-2H3,(H,42,43);4-5,7-10,12,15-16,20,24,30H,6,11,13-14,17-19H2,1-3H3,(H,38,39);4-5,7-10,12,15-16,23,29H,3,6,11,13-14,17-19H2,1-2H3,(H,37,38)/t27-,34-;24-,30-;23-,29-/m000/s1. The number of thiazole rings is 3. The molecule has 9 aliphatic rings. The number of piperazine rings is 3. The van der Waals surface area contributed by atoms with Gasteiger partial charge in [-0.3, -0.25) is 58.8 Å². The molecule has 6 amide bonds. The number of halogens is 6. The van der Waals surface area contributed by atoms with Crippen molar-refractivity contribution in [2.75, 3.05) is 141 Å². The number of anilines is 3. The summed E-state index contributed by atoms with van der Waals surface area (Å²) in [7, 11) is 3.92. The summed E-state index contributed by atoms with van der Waals surface area (Å²) < 4.78 is 73.4. The average Bonchev–Trinajstić information content (AvgIpc) is 1.14. The molecule has 12 heterocycles. The van der Waals surface area contributed by atoms with Gasteiger partial charge in [-0.15, -0.1) is 34.0 Å². The molecule has 6 atom stereocenters. The van der Waals surface area contributed by atoms with E-state index in [9.17, 15) is 56.3 Å². The van der Waals surface area contributed by atoms with Crippen molar-refractivity contribution in [3.63, 3.8) is 0 Å². The summed E-state index contributed by atoms with van der Waals surface area (Å²) in [5.41, 5.74) is 10.4. The number of esters is 6. The second-order valence-corrected chi connectivity index (χ2v) is 40.1. The van der Waals surface area contributed by atoms with Crippen LogP contribution in [0.5, 0.6) is 5.75 Å². The summed E-state index contributed by atoms with van der Waals surface area (Å²) >= 11 is 23.7. The molecule has 3 aromatic heterocycles. The van der Waals surface area contributed by atoms with Crippen molar-refractivity contribution >= 4 is 157 Å². The number of carbonyl (C=O) groups is 9. The first kappa shape index (κ1) is 105. The van der Waals surface area contributed by atoms with Crippen LogP contribution in [0.2, 0.25) is 15.1 Å². The van der Waals surface area contributed by atoms with Crippen LogP contribution in [0.4, 0.5) is 44.6 Å². The van der Waals surface area contributed by atoms with Gasteiger partial charge in [0, 0.05) is 218 Å². The SMILES string of the molecule is CCOC(=O)CCc1ccc(N2C[C@@H]3CN(CC4=C(C(=O)OC)[C@H](c5ccc(F)cc5Cl)N=C(c5nccs5)N4)CCN3C2=O)cc1.COC(=O)C1=C(CN2CCN3C(=O)N(c4ccc(CCC(=O)OC(C)C)cc4)C[C@@H]3C2)NC(c2nccs2)=N[C@H]1c1ccc(F)cc1Cl.COC(=O)C1=C(CN2CCN3C(=O)N(c4ccc(CCC(=O)Oc5ccc(C)cc5)cc4)C[C@@H]3C2)NC(c2nccs2)=N[C@H]1c1ccc(F)cc1Cl. The fourth-order valence-electron chi connectivity index (χ4n) is 19.1. The maximum absolute atomic E-state index is 14.0. The molecule has 33 nitrogen and oxygen atoms in total. The molecule has 766 valence electrons. The van der Waals surface area contributed by atoms with Gasteiger partial charge in [0.1, 0.15) is 41.3 Å². The lowest BCUT2D eigenvalue weighted by atomic mass is 9.95. The Kier molecular flexibility index (Phi) is 33.7. The maximum Gasteiger partial charge on any atom is 0.338 e. The number of aryl methyl sites for hydroxylation is 4. The number of aliphatic imine (C=N–C) groups is 3. The number of benzene rings is 7. The Morgan fingerprint density at radius 1 is 0.422 bits per heavy atom. The van der Waals surface area contributed by atoms with Gasteiger partial charge in [-0.2, -0.15) is 0 Å². The van der Waals surface area contributed by atoms with Gasteiger partial charge in [0.25, 0.3) is 0 Å². The molecule has 6 saturated heterocycles. The third kappa shape index (κ3) is 24.7. The van der Waals surface area contributed by atoms with Gasteiger partial charge in [0.15, 0.2) is 32.5 Å². The Hall–Kier alpha value is -13.8. The van der Waals surface area contributed by atoms with Gasteiger partial charge >= 0.3 is 53.9 Å². The van der Waals surface area contributed by atoms with Crippen LogP contribution in [-0.4, -0.2) is 266 Å². The van der Waals surface area contributed by atoms with Gasteiger partial charge in [0.05, 0.1) is 68.9 Å². The van der Waals surface area contributed by atoms with Crippen molar-refractivity contribution < 1.29 is 84.7 Å². The lowest BCUT2D eigenvalue weighted by molar-refractivity contribution is -0.147. The van der Waals surface area contributed by atoms with E-state index in [1.165, 1.54) is 110 Å². The number of nitrogens with zero attached hydrogens (tertiary/aromatic N) is 15. The van der Waals surface area contributed by atoms with E-state index in [2.05, 4.69) is 45.6 Å². The lowest BCUT2D eigenvalue weighted by Gasteiger charge is -2.38.